The average molecular weight is 445 g/mol. The number of hydrogen-bond acceptors (Lipinski definition) is 6. The van der Waals surface area contributed by atoms with Crippen molar-refractivity contribution >= 4 is 16.0 Å². The minimum atomic E-state index is -3.53. The first-order valence-corrected chi connectivity index (χ1v) is 12.6. The van der Waals surface area contributed by atoms with E-state index in [1.54, 1.807) is 4.31 Å². The molecule has 1 atom stereocenters. The highest BCUT2D eigenvalue weighted by molar-refractivity contribution is 7.86. The van der Waals surface area contributed by atoms with Crippen LogP contribution in [-0.4, -0.2) is 58.2 Å². The number of anilines is 1. The van der Waals surface area contributed by atoms with Gasteiger partial charge in [-0.2, -0.15) is 17.0 Å². The van der Waals surface area contributed by atoms with Crippen LogP contribution in [-0.2, 0) is 23.2 Å². The van der Waals surface area contributed by atoms with Gasteiger partial charge in [0.1, 0.15) is 11.6 Å². The van der Waals surface area contributed by atoms with Crippen molar-refractivity contribution in [3.05, 3.63) is 47.2 Å². The molecule has 0 aromatic carbocycles. The summed E-state index contributed by atoms with van der Waals surface area (Å²) < 4.78 is 29.6. The maximum Gasteiger partial charge on any atom is 0.282 e. The van der Waals surface area contributed by atoms with Crippen LogP contribution >= 0.6 is 0 Å². The second kappa shape index (κ2) is 9.18. The van der Waals surface area contributed by atoms with Gasteiger partial charge in [0.15, 0.2) is 0 Å². The van der Waals surface area contributed by atoms with Gasteiger partial charge in [0, 0.05) is 43.6 Å². The van der Waals surface area contributed by atoms with Crippen molar-refractivity contribution in [2.75, 3.05) is 31.1 Å². The Bertz CT molecular complexity index is 1010. The van der Waals surface area contributed by atoms with Crippen molar-refractivity contribution in [1.29, 1.82) is 0 Å². The maximum atomic E-state index is 13.2. The van der Waals surface area contributed by atoms with Crippen LogP contribution in [0.3, 0.4) is 0 Å². The summed E-state index contributed by atoms with van der Waals surface area (Å²) in [7, 11) is -3.53. The molecule has 1 fully saturated rings. The fourth-order valence-electron chi connectivity index (χ4n) is 4.67. The predicted molar refractivity (Wildman–Crippen MR) is 121 cm³/mol. The van der Waals surface area contributed by atoms with E-state index in [1.165, 1.54) is 9.87 Å². The van der Waals surface area contributed by atoms with Gasteiger partial charge in [0.25, 0.3) is 10.2 Å². The normalized spacial score (nSPS) is 19.7. The summed E-state index contributed by atoms with van der Waals surface area (Å²) in [5.74, 6) is 1.56. The maximum absolute atomic E-state index is 13.2. The third kappa shape index (κ3) is 4.31. The number of nitrogens with zero attached hydrogens (tertiary/aromatic N) is 6. The number of aryl methyl sites for hydroxylation is 1. The molecule has 9 heteroatoms. The van der Waals surface area contributed by atoms with Crippen LogP contribution in [0.25, 0.3) is 0 Å². The molecule has 4 heterocycles. The summed E-state index contributed by atoms with van der Waals surface area (Å²) in [6.45, 7) is 8.81. The van der Waals surface area contributed by atoms with Crippen molar-refractivity contribution in [1.82, 2.24) is 23.6 Å². The van der Waals surface area contributed by atoms with E-state index in [2.05, 4.69) is 9.88 Å². The second-order valence-corrected chi connectivity index (χ2v) is 10.1. The molecule has 0 spiro atoms. The highest BCUT2D eigenvalue weighted by Crippen LogP contribution is 2.36. The van der Waals surface area contributed by atoms with Gasteiger partial charge in [-0.3, -0.25) is 4.98 Å². The van der Waals surface area contributed by atoms with Crippen LogP contribution in [0.1, 0.15) is 61.9 Å². The molecule has 4 rings (SSSR count). The lowest BCUT2D eigenvalue weighted by molar-refractivity contribution is 0.330. The van der Waals surface area contributed by atoms with Gasteiger partial charge in [0.05, 0.1) is 18.3 Å². The lowest BCUT2D eigenvalue weighted by atomic mass is 10.0. The molecular weight excluding hydrogens is 412 g/mol. The number of aromatic nitrogens is 3. The topological polar surface area (TPSA) is 82.5 Å². The highest BCUT2D eigenvalue weighted by atomic mass is 32.2. The van der Waals surface area contributed by atoms with Gasteiger partial charge in [-0.05, 0) is 44.7 Å². The van der Waals surface area contributed by atoms with E-state index in [-0.39, 0.29) is 6.04 Å². The fraction of sp³-hybridized carbons (Fsp3) is 0.591. The summed E-state index contributed by atoms with van der Waals surface area (Å²) >= 11 is 0. The van der Waals surface area contributed by atoms with Crippen LogP contribution < -0.4 is 4.90 Å². The number of rotatable bonds is 7. The zero-order valence-corrected chi connectivity index (χ0v) is 19.5. The Balaban J connectivity index is 1.68. The Morgan fingerprint density at radius 2 is 1.94 bits per heavy atom. The Labute approximate surface area is 185 Å². The Morgan fingerprint density at radius 1 is 1.13 bits per heavy atom. The molecule has 168 valence electrons. The van der Waals surface area contributed by atoms with E-state index in [1.807, 2.05) is 45.2 Å². The first kappa shape index (κ1) is 22.1. The van der Waals surface area contributed by atoms with Crippen LogP contribution in [0.15, 0.2) is 24.4 Å². The van der Waals surface area contributed by atoms with Gasteiger partial charge in [-0.25, -0.2) is 9.97 Å². The quantitative estimate of drug-likeness (QED) is 0.653. The first-order valence-electron chi connectivity index (χ1n) is 11.2. The molecule has 0 saturated carbocycles. The molecule has 2 aliphatic heterocycles. The summed E-state index contributed by atoms with van der Waals surface area (Å²) in [6, 6.07) is 5.63. The van der Waals surface area contributed by atoms with Crippen molar-refractivity contribution < 1.29 is 8.42 Å². The summed E-state index contributed by atoms with van der Waals surface area (Å²) in [5, 5.41) is 0. The molecule has 2 aromatic rings. The van der Waals surface area contributed by atoms with E-state index >= 15 is 0 Å². The van der Waals surface area contributed by atoms with E-state index in [9.17, 15) is 8.42 Å². The van der Waals surface area contributed by atoms with Crippen molar-refractivity contribution in [2.45, 2.75) is 59.0 Å². The molecule has 2 aliphatic rings. The van der Waals surface area contributed by atoms with E-state index in [0.29, 0.717) is 32.0 Å². The average Bonchev–Trinajstić information content (AvgIpc) is 3.27. The molecule has 0 bridgehead atoms. The zero-order valence-electron chi connectivity index (χ0n) is 18.7. The molecular formula is C22H32N6O2S. The second-order valence-electron chi connectivity index (χ2n) is 8.18. The smallest absolute Gasteiger partial charge is 0.282 e. The third-order valence-electron chi connectivity index (χ3n) is 6.27. The SMILES string of the molecule is CCN(CC)S(=O)(=O)N1CCC[C@@H]1c1nc(C)c2c(n1)N(Cc1ccccn1)CCC2. The molecule has 0 amide bonds. The summed E-state index contributed by atoms with van der Waals surface area (Å²) in [6.07, 6.45) is 5.38. The Morgan fingerprint density at radius 3 is 2.65 bits per heavy atom. The molecule has 2 aromatic heterocycles. The molecule has 1 saturated heterocycles. The van der Waals surface area contributed by atoms with Crippen LogP contribution in [0.2, 0.25) is 0 Å². The number of pyridine rings is 1. The number of fused-ring (bicyclic) bond motifs is 1. The lowest BCUT2D eigenvalue weighted by Gasteiger charge is -2.33. The summed E-state index contributed by atoms with van der Waals surface area (Å²) in [4.78, 5) is 16.5. The van der Waals surface area contributed by atoms with Gasteiger partial charge >= 0.3 is 0 Å². The van der Waals surface area contributed by atoms with Crippen molar-refractivity contribution in [3.8, 4) is 0 Å². The van der Waals surface area contributed by atoms with Crippen LogP contribution in [0.4, 0.5) is 5.82 Å². The molecule has 0 aliphatic carbocycles. The van der Waals surface area contributed by atoms with E-state index < -0.39 is 10.2 Å². The minimum absolute atomic E-state index is 0.312. The Hall–Kier alpha value is -2.10. The first-order chi connectivity index (χ1) is 15.0. The Kier molecular flexibility index (Phi) is 6.55. The summed E-state index contributed by atoms with van der Waals surface area (Å²) in [5.41, 5.74) is 3.12. The van der Waals surface area contributed by atoms with Crippen LogP contribution in [0, 0.1) is 6.92 Å². The van der Waals surface area contributed by atoms with Gasteiger partial charge < -0.3 is 4.90 Å². The molecule has 31 heavy (non-hydrogen) atoms. The largest absolute Gasteiger partial charge is 0.350 e. The number of hydrogen-bond donors (Lipinski definition) is 0. The predicted octanol–water partition coefficient (Wildman–Crippen LogP) is 2.86. The van der Waals surface area contributed by atoms with E-state index in [0.717, 1.165) is 49.4 Å². The van der Waals surface area contributed by atoms with Crippen molar-refractivity contribution in [2.24, 2.45) is 0 Å². The van der Waals surface area contributed by atoms with Gasteiger partial charge in [-0.15, -0.1) is 0 Å². The monoisotopic (exact) mass is 444 g/mol. The highest BCUT2D eigenvalue weighted by Gasteiger charge is 2.40. The van der Waals surface area contributed by atoms with Crippen molar-refractivity contribution in [3.63, 3.8) is 0 Å². The minimum Gasteiger partial charge on any atom is -0.350 e. The van der Waals surface area contributed by atoms with Gasteiger partial charge in [0.2, 0.25) is 0 Å². The third-order valence-corrected chi connectivity index (χ3v) is 8.47. The molecule has 0 N–H and O–H groups in total. The fourth-order valence-corrected chi connectivity index (χ4v) is 6.50. The van der Waals surface area contributed by atoms with Crippen LogP contribution in [0.5, 0.6) is 0 Å². The van der Waals surface area contributed by atoms with E-state index in [4.69, 9.17) is 9.97 Å². The standard InChI is InChI=1S/C22H32N6O2S/c1-4-27(5-2)31(29,30)28-15-9-12-20(28)21-24-17(3)19-11-8-14-26(22(19)25-21)16-18-10-6-7-13-23-18/h6-7,10,13,20H,4-5,8-9,11-12,14-16H2,1-3H3/t20-/m1/s1. The zero-order chi connectivity index (χ0) is 22.0. The molecule has 8 nitrogen and oxygen atoms in total. The molecule has 0 unspecified atom stereocenters. The van der Waals surface area contributed by atoms with Gasteiger partial charge in [-0.1, -0.05) is 19.9 Å². The molecule has 0 radical (unpaired) electrons. The lowest BCUT2D eigenvalue weighted by Crippen LogP contribution is -2.43.